The van der Waals surface area contributed by atoms with Gasteiger partial charge in [-0.3, -0.25) is 4.68 Å². The molecule has 1 heterocycles. The highest BCUT2D eigenvalue weighted by Crippen LogP contribution is 2.14. The molecule has 0 radical (unpaired) electrons. The van der Waals surface area contributed by atoms with Crippen LogP contribution in [0.4, 0.5) is 5.82 Å². The number of anilines is 1. The second-order valence-electron chi connectivity index (χ2n) is 3.81. The van der Waals surface area contributed by atoms with Crippen molar-refractivity contribution >= 4 is 5.82 Å². The van der Waals surface area contributed by atoms with Crippen LogP contribution in [0.2, 0.25) is 0 Å². The fourth-order valence-corrected chi connectivity index (χ4v) is 1.61. The molecule has 0 atom stereocenters. The Bertz CT molecular complexity index is 479. The van der Waals surface area contributed by atoms with Crippen LogP contribution in [0.3, 0.4) is 0 Å². The molecule has 0 saturated heterocycles. The molecule has 1 aromatic carbocycles. The maximum Gasteiger partial charge on any atom is 0.148 e. The summed E-state index contributed by atoms with van der Waals surface area (Å²) in [5.41, 5.74) is 1.18. The zero-order valence-electron chi connectivity index (χ0n) is 10.2. The molecule has 2 rings (SSSR count). The highest BCUT2D eigenvalue weighted by Gasteiger charge is 1.98. The summed E-state index contributed by atoms with van der Waals surface area (Å²) in [4.78, 5) is 0. The van der Waals surface area contributed by atoms with E-state index in [9.17, 15) is 0 Å². The second kappa shape index (κ2) is 5.39. The van der Waals surface area contributed by atoms with Gasteiger partial charge in [0.15, 0.2) is 0 Å². The summed E-state index contributed by atoms with van der Waals surface area (Å²) in [7, 11) is 1.90. The largest absolute Gasteiger partial charge is 0.494 e. The van der Waals surface area contributed by atoms with Crippen LogP contribution in [0.15, 0.2) is 36.5 Å². The molecule has 90 valence electrons. The molecule has 4 nitrogen and oxygen atoms in total. The molecule has 0 spiro atoms. The van der Waals surface area contributed by atoms with Crippen molar-refractivity contribution in [3.63, 3.8) is 0 Å². The monoisotopic (exact) mass is 231 g/mol. The third-order valence-corrected chi connectivity index (χ3v) is 2.40. The van der Waals surface area contributed by atoms with Crippen LogP contribution in [0, 0.1) is 0 Å². The molecule has 4 heteroatoms. The summed E-state index contributed by atoms with van der Waals surface area (Å²) in [5, 5.41) is 7.52. The SMILES string of the molecule is CCOc1cccc(CNc2ccn(C)n2)c1. The number of aromatic nitrogens is 2. The first kappa shape index (κ1) is 11.5. The van der Waals surface area contributed by atoms with Gasteiger partial charge in [0, 0.05) is 25.9 Å². The standard InChI is InChI=1S/C13H17N3O/c1-3-17-12-6-4-5-11(9-12)10-14-13-7-8-16(2)15-13/h4-9H,3,10H2,1-2H3,(H,14,15). The van der Waals surface area contributed by atoms with E-state index in [-0.39, 0.29) is 0 Å². The van der Waals surface area contributed by atoms with Crippen molar-refractivity contribution in [2.45, 2.75) is 13.5 Å². The minimum Gasteiger partial charge on any atom is -0.494 e. The lowest BCUT2D eigenvalue weighted by molar-refractivity contribution is 0.340. The third-order valence-electron chi connectivity index (χ3n) is 2.40. The molecule has 2 aromatic rings. The molecule has 1 aromatic heterocycles. The Labute approximate surface area is 101 Å². The van der Waals surface area contributed by atoms with Crippen molar-refractivity contribution in [3.05, 3.63) is 42.1 Å². The lowest BCUT2D eigenvalue weighted by Gasteiger charge is -2.06. The molecule has 0 amide bonds. The number of nitrogens with one attached hydrogen (secondary N) is 1. The van der Waals surface area contributed by atoms with Crippen LogP contribution >= 0.6 is 0 Å². The van der Waals surface area contributed by atoms with Crippen LogP contribution in [0.1, 0.15) is 12.5 Å². The number of aryl methyl sites for hydroxylation is 1. The molecule has 0 aliphatic rings. The van der Waals surface area contributed by atoms with E-state index in [0.29, 0.717) is 6.61 Å². The average molecular weight is 231 g/mol. The predicted octanol–water partition coefficient (Wildman–Crippen LogP) is 2.43. The quantitative estimate of drug-likeness (QED) is 0.859. The van der Waals surface area contributed by atoms with Crippen molar-refractivity contribution in [2.75, 3.05) is 11.9 Å². The van der Waals surface area contributed by atoms with Crippen LogP contribution in [0.25, 0.3) is 0 Å². The number of ether oxygens (including phenoxy) is 1. The van der Waals surface area contributed by atoms with E-state index < -0.39 is 0 Å². The average Bonchev–Trinajstić information content (AvgIpc) is 2.74. The Kier molecular flexibility index (Phi) is 3.65. The highest BCUT2D eigenvalue weighted by molar-refractivity contribution is 5.35. The number of nitrogens with zero attached hydrogens (tertiary/aromatic N) is 2. The van der Waals surface area contributed by atoms with E-state index in [0.717, 1.165) is 18.1 Å². The highest BCUT2D eigenvalue weighted by atomic mass is 16.5. The summed E-state index contributed by atoms with van der Waals surface area (Å²) in [6, 6.07) is 10.0. The van der Waals surface area contributed by atoms with Gasteiger partial charge in [-0.15, -0.1) is 0 Å². The van der Waals surface area contributed by atoms with E-state index in [1.54, 1.807) is 4.68 Å². The van der Waals surface area contributed by atoms with Gasteiger partial charge in [-0.1, -0.05) is 12.1 Å². The molecule has 17 heavy (non-hydrogen) atoms. The van der Waals surface area contributed by atoms with Crippen LogP contribution < -0.4 is 10.1 Å². The lowest BCUT2D eigenvalue weighted by Crippen LogP contribution is -2.01. The van der Waals surface area contributed by atoms with Gasteiger partial charge in [-0.05, 0) is 24.6 Å². The molecule has 1 N–H and O–H groups in total. The zero-order valence-corrected chi connectivity index (χ0v) is 10.2. The molecule has 0 aliphatic carbocycles. The summed E-state index contributed by atoms with van der Waals surface area (Å²) < 4.78 is 7.23. The number of hydrogen-bond acceptors (Lipinski definition) is 3. The molecular formula is C13H17N3O. The molecule has 0 aliphatic heterocycles. The summed E-state index contributed by atoms with van der Waals surface area (Å²) in [5.74, 6) is 1.79. The predicted molar refractivity (Wildman–Crippen MR) is 68.1 cm³/mol. The summed E-state index contributed by atoms with van der Waals surface area (Å²) >= 11 is 0. The van der Waals surface area contributed by atoms with Crippen molar-refractivity contribution < 1.29 is 4.74 Å². The first-order valence-electron chi connectivity index (χ1n) is 5.73. The molecule has 0 fully saturated rings. The topological polar surface area (TPSA) is 39.1 Å². The van der Waals surface area contributed by atoms with Gasteiger partial charge in [0.05, 0.1) is 6.61 Å². The van der Waals surface area contributed by atoms with Crippen LogP contribution in [-0.2, 0) is 13.6 Å². The Hall–Kier alpha value is -1.97. The Morgan fingerprint density at radius 2 is 2.24 bits per heavy atom. The van der Waals surface area contributed by atoms with Gasteiger partial charge in [-0.2, -0.15) is 5.10 Å². The number of hydrogen-bond donors (Lipinski definition) is 1. The first-order chi connectivity index (χ1) is 8.28. The Balaban J connectivity index is 1.96. The minimum atomic E-state index is 0.692. The fourth-order valence-electron chi connectivity index (χ4n) is 1.61. The number of benzene rings is 1. The van der Waals surface area contributed by atoms with Gasteiger partial charge < -0.3 is 10.1 Å². The normalized spacial score (nSPS) is 10.2. The van der Waals surface area contributed by atoms with Gasteiger partial charge in [0.25, 0.3) is 0 Å². The number of rotatable bonds is 5. The third kappa shape index (κ3) is 3.24. The van der Waals surface area contributed by atoms with Crippen molar-refractivity contribution in [3.8, 4) is 5.75 Å². The van der Waals surface area contributed by atoms with E-state index in [1.807, 2.05) is 44.4 Å². The van der Waals surface area contributed by atoms with Gasteiger partial charge in [0.2, 0.25) is 0 Å². The van der Waals surface area contributed by atoms with E-state index in [4.69, 9.17) is 4.74 Å². The zero-order chi connectivity index (χ0) is 12.1. The van der Waals surface area contributed by atoms with E-state index in [1.165, 1.54) is 5.56 Å². The van der Waals surface area contributed by atoms with E-state index >= 15 is 0 Å². The lowest BCUT2D eigenvalue weighted by atomic mass is 10.2. The van der Waals surface area contributed by atoms with Crippen molar-refractivity contribution in [1.29, 1.82) is 0 Å². The smallest absolute Gasteiger partial charge is 0.148 e. The summed E-state index contributed by atoms with van der Waals surface area (Å²) in [6.45, 7) is 3.42. The Morgan fingerprint density at radius 3 is 2.94 bits per heavy atom. The molecule has 0 unspecified atom stereocenters. The van der Waals surface area contributed by atoms with Crippen LogP contribution in [0.5, 0.6) is 5.75 Å². The fraction of sp³-hybridized carbons (Fsp3) is 0.308. The first-order valence-corrected chi connectivity index (χ1v) is 5.73. The maximum atomic E-state index is 5.46. The second-order valence-corrected chi connectivity index (χ2v) is 3.81. The minimum absolute atomic E-state index is 0.692. The van der Waals surface area contributed by atoms with Crippen molar-refractivity contribution in [1.82, 2.24) is 9.78 Å². The van der Waals surface area contributed by atoms with Gasteiger partial charge >= 0.3 is 0 Å². The van der Waals surface area contributed by atoms with E-state index in [2.05, 4.69) is 16.5 Å². The molecule has 0 saturated carbocycles. The maximum absolute atomic E-state index is 5.46. The molecular weight excluding hydrogens is 214 g/mol. The van der Waals surface area contributed by atoms with Crippen molar-refractivity contribution in [2.24, 2.45) is 7.05 Å². The van der Waals surface area contributed by atoms with Gasteiger partial charge in [0.1, 0.15) is 11.6 Å². The summed E-state index contributed by atoms with van der Waals surface area (Å²) in [6.07, 6.45) is 1.92. The Morgan fingerprint density at radius 1 is 1.35 bits per heavy atom. The molecule has 0 bridgehead atoms. The van der Waals surface area contributed by atoms with Gasteiger partial charge in [-0.25, -0.2) is 0 Å². The van der Waals surface area contributed by atoms with Crippen LogP contribution in [-0.4, -0.2) is 16.4 Å².